The van der Waals surface area contributed by atoms with Crippen molar-refractivity contribution < 1.29 is 0 Å². The van der Waals surface area contributed by atoms with Gasteiger partial charge in [-0.25, -0.2) is 0 Å². The number of unbranched alkanes of at least 4 members (excludes halogenated alkanes) is 2. The van der Waals surface area contributed by atoms with Crippen molar-refractivity contribution >= 4 is 23.2 Å². The third kappa shape index (κ3) is 5.19. The summed E-state index contributed by atoms with van der Waals surface area (Å²) in [6.45, 7) is 6.23. The minimum atomic E-state index is -0.804. The van der Waals surface area contributed by atoms with E-state index in [0.29, 0.717) is 5.02 Å². The summed E-state index contributed by atoms with van der Waals surface area (Å²) in [5.41, 5.74) is 4.33. The molecule has 0 bridgehead atoms. The number of rotatable bonds is 7. The van der Waals surface area contributed by atoms with Crippen molar-refractivity contribution in [1.29, 1.82) is 0 Å². The lowest BCUT2D eigenvalue weighted by Crippen LogP contribution is -2.22. The van der Waals surface area contributed by atoms with Crippen LogP contribution in [0.15, 0.2) is 78.9 Å². The van der Waals surface area contributed by atoms with Crippen LogP contribution in [0.5, 0.6) is 0 Å². The highest BCUT2D eigenvalue weighted by atomic mass is 35.5. The molecule has 0 heterocycles. The zero-order valence-electron chi connectivity index (χ0n) is 17.1. The van der Waals surface area contributed by atoms with E-state index < -0.39 is 4.87 Å². The zero-order valence-corrected chi connectivity index (χ0v) is 18.6. The molecule has 0 saturated carbocycles. The second-order valence-electron chi connectivity index (χ2n) is 6.66. The van der Waals surface area contributed by atoms with Crippen LogP contribution < -0.4 is 0 Å². The zero-order chi connectivity index (χ0) is 20.4. The van der Waals surface area contributed by atoms with Crippen molar-refractivity contribution in [2.75, 3.05) is 0 Å². The van der Waals surface area contributed by atoms with Crippen molar-refractivity contribution in [3.05, 3.63) is 106 Å². The quantitative estimate of drug-likeness (QED) is 0.207. The molecule has 28 heavy (non-hydrogen) atoms. The first-order valence-corrected chi connectivity index (χ1v) is 11.0. The maximum Gasteiger partial charge on any atom is 0.121 e. The van der Waals surface area contributed by atoms with Gasteiger partial charge in [-0.3, -0.25) is 0 Å². The van der Waals surface area contributed by atoms with E-state index in [-0.39, 0.29) is 0 Å². The summed E-state index contributed by atoms with van der Waals surface area (Å²) in [7, 11) is 0. The molecule has 0 radical (unpaired) electrons. The predicted octanol–water partition coefficient (Wildman–Crippen LogP) is 8.63. The lowest BCUT2D eigenvalue weighted by molar-refractivity contribution is 0.717. The van der Waals surface area contributed by atoms with Crippen LogP contribution in [-0.4, -0.2) is 0 Å². The largest absolute Gasteiger partial charge is 0.121 e. The Balaban J connectivity index is 0.00000136. The van der Waals surface area contributed by atoms with Crippen LogP contribution in [0, 0.1) is 0 Å². The van der Waals surface area contributed by atoms with Gasteiger partial charge in [-0.2, -0.15) is 0 Å². The molecule has 0 aliphatic rings. The van der Waals surface area contributed by atoms with Gasteiger partial charge in [0.25, 0.3) is 0 Å². The summed E-state index contributed by atoms with van der Waals surface area (Å²) < 4.78 is 0. The molecule has 1 unspecified atom stereocenters. The van der Waals surface area contributed by atoms with Gasteiger partial charge < -0.3 is 0 Å². The number of hydrogen-bond acceptors (Lipinski definition) is 0. The maximum atomic E-state index is 7.32. The molecular formula is C26H30Cl2. The molecule has 0 aliphatic carbocycles. The van der Waals surface area contributed by atoms with Crippen LogP contribution in [0.4, 0.5) is 0 Å². The third-order valence-corrected chi connectivity index (χ3v) is 5.81. The molecule has 3 rings (SSSR count). The standard InChI is InChI=1S/C24H24Cl2.C2H6/c1-2-3-5-10-19-15-17-21(18-16-19)24(26,20-11-6-4-7-12-20)22-13-8-9-14-23(22)25;1-2/h4,6-9,11-18H,2-3,5,10H2,1H3;1-2H3. The third-order valence-electron chi connectivity index (χ3n) is 4.84. The fourth-order valence-electron chi connectivity index (χ4n) is 3.37. The second kappa shape index (κ2) is 11.3. The molecule has 3 aromatic rings. The molecule has 0 N–H and O–H groups in total. The molecule has 2 heteroatoms. The molecule has 0 aromatic heterocycles. The Morgan fingerprint density at radius 3 is 1.89 bits per heavy atom. The molecule has 0 saturated heterocycles. The van der Waals surface area contributed by atoms with Crippen LogP contribution in [0.1, 0.15) is 62.3 Å². The lowest BCUT2D eigenvalue weighted by Gasteiger charge is -2.30. The van der Waals surface area contributed by atoms with Gasteiger partial charge in [0.1, 0.15) is 4.87 Å². The highest BCUT2D eigenvalue weighted by molar-refractivity contribution is 6.34. The molecule has 0 nitrogen and oxygen atoms in total. The summed E-state index contributed by atoms with van der Waals surface area (Å²) in [5.74, 6) is 0. The molecule has 0 amide bonds. The highest BCUT2D eigenvalue weighted by Crippen LogP contribution is 2.45. The highest BCUT2D eigenvalue weighted by Gasteiger charge is 2.35. The summed E-state index contributed by atoms with van der Waals surface area (Å²) in [5, 5.41) is 0.679. The smallest absolute Gasteiger partial charge is 0.103 e. The summed E-state index contributed by atoms with van der Waals surface area (Å²) >= 11 is 13.9. The SMILES string of the molecule is CC.CCCCCc1ccc(C(Cl)(c2ccccc2)c2ccccc2Cl)cc1. The summed E-state index contributed by atoms with van der Waals surface area (Å²) in [6, 6.07) is 26.7. The minimum absolute atomic E-state index is 0.679. The van der Waals surface area contributed by atoms with E-state index in [2.05, 4.69) is 43.3 Å². The molecule has 0 spiro atoms. The number of halogens is 2. The predicted molar refractivity (Wildman–Crippen MR) is 125 cm³/mol. The van der Waals surface area contributed by atoms with Crippen molar-refractivity contribution in [1.82, 2.24) is 0 Å². The van der Waals surface area contributed by atoms with Gasteiger partial charge >= 0.3 is 0 Å². The first kappa shape index (κ1) is 22.5. The van der Waals surface area contributed by atoms with Crippen LogP contribution in [0.3, 0.4) is 0 Å². The van der Waals surface area contributed by atoms with Crippen molar-refractivity contribution in [2.45, 2.75) is 51.3 Å². The lowest BCUT2D eigenvalue weighted by atomic mass is 9.83. The van der Waals surface area contributed by atoms with E-state index in [1.54, 1.807) is 0 Å². The van der Waals surface area contributed by atoms with Gasteiger partial charge in [-0.15, -0.1) is 11.6 Å². The van der Waals surface area contributed by atoms with E-state index in [0.717, 1.165) is 23.1 Å². The molecule has 0 aliphatic heterocycles. The van der Waals surface area contributed by atoms with Gasteiger partial charge in [-0.1, -0.05) is 118 Å². The molecule has 148 valence electrons. The van der Waals surface area contributed by atoms with E-state index in [9.17, 15) is 0 Å². The second-order valence-corrected chi connectivity index (χ2v) is 7.63. The summed E-state index contributed by atoms with van der Waals surface area (Å²) in [6.07, 6.45) is 4.85. The van der Waals surface area contributed by atoms with E-state index in [1.165, 1.54) is 24.8 Å². The van der Waals surface area contributed by atoms with Crippen LogP contribution in [-0.2, 0) is 11.3 Å². The van der Waals surface area contributed by atoms with Gasteiger partial charge in [0.05, 0.1) is 0 Å². The first-order valence-electron chi connectivity index (χ1n) is 10.2. The Hall–Kier alpha value is -1.76. The van der Waals surface area contributed by atoms with Crippen LogP contribution in [0.2, 0.25) is 5.02 Å². The topological polar surface area (TPSA) is 0 Å². The number of alkyl halides is 1. The maximum absolute atomic E-state index is 7.32. The molecule has 3 aromatic carbocycles. The number of benzene rings is 3. The Morgan fingerprint density at radius 2 is 1.29 bits per heavy atom. The van der Waals surface area contributed by atoms with Gasteiger partial charge in [0.15, 0.2) is 0 Å². The van der Waals surface area contributed by atoms with Crippen molar-refractivity contribution in [3.63, 3.8) is 0 Å². The Morgan fingerprint density at radius 1 is 0.714 bits per heavy atom. The van der Waals surface area contributed by atoms with Crippen molar-refractivity contribution in [2.24, 2.45) is 0 Å². The normalized spacial score (nSPS) is 12.6. The minimum Gasteiger partial charge on any atom is -0.103 e. The fourth-order valence-corrected chi connectivity index (χ4v) is 4.11. The molecule has 1 atom stereocenters. The Labute approximate surface area is 180 Å². The van der Waals surface area contributed by atoms with Crippen LogP contribution in [0.25, 0.3) is 0 Å². The first-order chi connectivity index (χ1) is 13.7. The van der Waals surface area contributed by atoms with E-state index >= 15 is 0 Å². The Bertz CT molecular complexity index is 825. The van der Waals surface area contributed by atoms with E-state index in [4.69, 9.17) is 23.2 Å². The average molecular weight is 413 g/mol. The van der Waals surface area contributed by atoms with Crippen LogP contribution >= 0.6 is 23.2 Å². The Kier molecular flexibility index (Phi) is 9.09. The summed E-state index contributed by atoms with van der Waals surface area (Å²) in [4.78, 5) is -0.804. The number of aryl methyl sites for hydroxylation is 1. The van der Waals surface area contributed by atoms with Gasteiger partial charge in [0.2, 0.25) is 0 Å². The fraction of sp³-hybridized carbons (Fsp3) is 0.308. The number of hydrogen-bond donors (Lipinski definition) is 0. The van der Waals surface area contributed by atoms with Gasteiger partial charge in [0, 0.05) is 10.6 Å². The molecular weight excluding hydrogens is 383 g/mol. The average Bonchev–Trinajstić information content (AvgIpc) is 2.76. The van der Waals surface area contributed by atoms with E-state index in [1.807, 2.05) is 56.3 Å². The molecule has 0 fully saturated rings. The van der Waals surface area contributed by atoms with Crippen molar-refractivity contribution in [3.8, 4) is 0 Å². The monoisotopic (exact) mass is 412 g/mol. The van der Waals surface area contributed by atoms with Gasteiger partial charge in [-0.05, 0) is 35.6 Å².